The highest BCUT2D eigenvalue weighted by molar-refractivity contribution is 6.06. The first-order valence-electron chi connectivity index (χ1n) is 17.8. The molecule has 0 fully saturated rings. The maximum Gasteiger partial charge on any atom is 0.336 e. The van der Waals surface area contributed by atoms with Gasteiger partial charge in [0.1, 0.15) is 17.2 Å². The van der Waals surface area contributed by atoms with Crippen LogP contribution in [0.25, 0.3) is 12.2 Å². The minimum Gasteiger partial charge on any atom is -0.494 e. The minimum absolute atomic E-state index is 0.128. The van der Waals surface area contributed by atoms with Crippen molar-refractivity contribution in [1.82, 2.24) is 0 Å². The van der Waals surface area contributed by atoms with Gasteiger partial charge in [-0.3, -0.25) is 4.79 Å². The average Bonchev–Trinajstić information content (AvgIpc) is 3.10. The minimum atomic E-state index is -0.488. The summed E-state index contributed by atoms with van der Waals surface area (Å²) in [5.41, 5.74) is 2.31. The number of esters is 1. The van der Waals surface area contributed by atoms with E-state index in [-0.39, 0.29) is 5.78 Å². The van der Waals surface area contributed by atoms with Gasteiger partial charge in [0.2, 0.25) is 0 Å². The Morgan fingerprint density at radius 3 is 1.36 bits per heavy atom. The van der Waals surface area contributed by atoms with Gasteiger partial charge in [0, 0.05) is 11.6 Å². The highest BCUT2D eigenvalue weighted by atomic mass is 16.5. The molecule has 0 amide bonds. The van der Waals surface area contributed by atoms with Crippen LogP contribution in [-0.2, 0) is 4.79 Å². The number of hydrogen-bond acceptors (Lipinski definition) is 5. The van der Waals surface area contributed by atoms with Crippen molar-refractivity contribution in [2.24, 2.45) is 0 Å². The third-order valence-corrected chi connectivity index (χ3v) is 7.99. The molecule has 5 nitrogen and oxygen atoms in total. The Morgan fingerprint density at radius 1 is 0.489 bits per heavy atom. The molecule has 252 valence electrons. The molecular weight excluding hydrogens is 584 g/mol. The SMILES string of the molecule is CCCCCCCCCCOc1ccc(/C=C/C(=O)c2ccc(OC(=O)/C=C/c3ccc(OCCCCCCCC)cc3)cc2)cc1. The van der Waals surface area contributed by atoms with E-state index in [1.165, 1.54) is 83.1 Å². The lowest BCUT2D eigenvalue weighted by atomic mass is 10.1. The van der Waals surface area contributed by atoms with E-state index >= 15 is 0 Å². The van der Waals surface area contributed by atoms with E-state index in [0.717, 1.165) is 48.7 Å². The van der Waals surface area contributed by atoms with E-state index in [1.54, 1.807) is 42.5 Å². The number of benzene rings is 3. The molecule has 0 aliphatic heterocycles. The smallest absolute Gasteiger partial charge is 0.336 e. The largest absolute Gasteiger partial charge is 0.494 e. The molecule has 47 heavy (non-hydrogen) atoms. The first-order chi connectivity index (χ1) is 23.1. The fourth-order valence-corrected chi connectivity index (χ4v) is 5.12. The number of ketones is 1. The van der Waals surface area contributed by atoms with Gasteiger partial charge in [-0.05, 0) is 84.7 Å². The van der Waals surface area contributed by atoms with Gasteiger partial charge in [0.05, 0.1) is 13.2 Å². The first-order valence-corrected chi connectivity index (χ1v) is 17.8. The summed E-state index contributed by atoms with van der Waals surface area (Å²) < 4.78 is 17.1. The van der Waals surface area contributed by atoms with Crippen LogP contribution < -0.4 is 14.2 Å². The van der Waals surface area contributed by atoms with Crippen molar-refractivity contribution >= 4 is 23.9 Å². The first kappa shape index (κ1) is 37.3. The van der Waals surface area contributed by atoms with E-state index in [1.807, 2.05) is 48.5 Å². The molecule has 3 rings (SSSR count). The van der Waals surface area contributed by atoms with Gasteiger partial charge >= 0.3 is 5.97 Å². The van der Waals surface area contributed by atoms with E-state index in [4.69, 9.17) is 14.2 Å². The highest BCUT2D eigenvalue weighted by Crippen LogP contribution is 2.18. The van der Waals surface area contributed by atoms with Crippen LogP contribution in [0, 0.1) is 0 Å². The van der Waals surface area contributed by atoms with Gasteiger partial charge in [0.15, 0.2) is 5.78 Å². The van der Waals surface area contributed by atoms with Crippen molar-refractivity contribution in [2.45, 2.75) is 104 Å². The maximum atomic E-state index is 12.7. The summed E-state index contributed by atoms with van der Waals surface area (Å²) in [5.74, 6) is 1.43. The molecular formula is C42H54O5. The molecule has 0 aliphatic carbocycles. The van der Waals surface area contributed by atoms with Crippen molar-refractivity contribution < 1.29 is 23.8 Å². The van der Waals surface area contributed by atoms with E-state index in [2.05, 4.69) is 13.8 Å². The highest BCUT2D eigenvalue weighted by Gasteiger charge is 2.05. The van der Waals surface area contributed by atoms with Gasteiger partial charge in [-0.2, -0.15) is 0 Å². The Morgan fingerprint density at radius 2 is 0.894 bits per heavy atom. The summed E-state index contributed by atoms with van der Waals surface area (Å²) in [5, 5.41) is 0. The summed E-state index contributed by atoms with van der Waals surface area (Å²) in [6.45, 7) is 5.92. The molecule has 0 aliphatic rings. The molecule has 3 aromatic rings. The van der Waals surface area contributed by atoms with Crippen LogP contribution in [-0.4, -0.2) is 25.0 Å². The van der Waals surface area contributed by atoms with Gasteiger partial charge in [-0.1, -0.05) is 121 Å². The molecule has 3 aromatic carbocycles. The summed E-state index contributed by atoms with van der Waals surface area (Å²) in [6, 6.07) is 22.0. The lowest BCUT2D eigenvalue weighted by Crippen LogP contribution is -2.04. The number of rotatable bonds is 24. The Labute approximate surface area is 283 Å². The molecule has 0 heterocycles. The predicted octanol–water partition coefficient (Wildman–Crippen LogP) is 11.5. The summed E-state index contributed by atoms with van der Waals surface area (Å²) in [4.78, 5) is 25.0. The number of unbranched alkanes of at least 4 members (excludes halogenated alkanes) is 12. The second-order valence-corrected chi connectivity index (χ2v) is 12.1. The fourth-order valence-electron chi connectivity index (χ4n) is 5.12. The number of carbonyl (C=O) groups excluding carboxylic acids is 2. The van der Waals surface area contributed by atoms with Crippen molar-refractivity contribution in [3.63, 3.8) is 0 Å². The lowest BCUT2D eigenvalue weighted by molar-refractivity contribution is -0.128. The Bertz CT molecular complexity index is 1340. The summed E-state index contributed by atoms with van der Waals surface area (Å²) in [6.07, 6.45) is 24.0. The monoisotopic (exact) mass is 638 g/mol. The summed E-state index contributed by atoms with van der Waals surface area (Å²) in [7, 11) is 0. The van der Waals surface area contributed by atoms with Crippen LogP contribution in [0.1, 0.15) is 125 Å². The number of carbonyl (C=O) groups is 2. The van der Waals surface area contributed by atoms with E-state index in [0.29, 0.717) is 11.3 Å². The van der Waals surface area contributed by atoms with E-state index < -0.39 is 5.97 Å². The second-order valence-electron chi connectivity index (χ2n) is 12.1. The van der Waals surface area contributed by atoms with Crippen LogP contribution in [0.5, 0.6) is 17.2 Å². The number of ether oxygens (including phenoxy) is 3. The van der Waals surface area contributed by atoms with Crippen LogP contribution in [0.3, 0.4) is 0 Å². The third kappa shape index (κ3) is 16.3. The normalized spacial score (nSPS) is 11.3. The fraction of sp³-hybridized carbons (Fsp3) is 0.429. The van der Waals surface area contributed by atoms with Crippen molar-refractivity contribution in [3.05, 3.63) is 102 Å². The molecule has 0 unspecified atom stereocenters. The third-order valence-electron chi connectivity index (χ3n) is 7.99. The second kappa shape index (κ2) is 23.2. The number of hydrogen-bond donors (Lipinski definition) is 0. The molecule has 0 aromatic heterocycles. The molecule has 0 atom stereocenters. The number of allylic oxidation sites excluding steroid dienone is 1. The molecule has 0 radical (unpaired) electrons. The molecule has 0 saturated carbocycles. The van der Waals surface area contributed by atoms with Crippen molar-refractivity contribution in [3.8, 4) is 17.2 Å². The van der Waals surface area contributed by atoms with Gasteiger partial charge in [-0.25, -0.2) is 4.79 Å². The molecule has 0 N–H and O–H groups in total. The average molecular weight is 639 g/mol. The zero-order valence-electron chi connectivity index (χ0n) is 28.6. The van der Waals surface area contributed by atoms with E-state index in [9.17, 15) is 9.59 Å². The van der Waals surface area contributed by atoms with Crippen molar-refractivity contribution in [1.29, 1.82) is 0 Å². The Kier molecular flexibility index (Phi) is 18.5. The standard InChI is InChI=1S/C42H54O5/c1-3-5-7-9-11-12-14-16-34-46-38-25-17-35(18-26-38)21-31-41(43)37-23-29-40(30-24-37)47-42(44)32-22-36-19-27-39(28-20-36)45-33-15-13-10-8-6-4-2/h17-32H,3-16,33-34H2,1-2H3/b31-21+,32-22+. The quantitative estimate of drug-likeness (QED) is 0.0321. The van der Waals surface area contributed by atoms with Crippen LogP contribution in [0.4, 0.5) is 0 Å². The predicted molar refractivity (Wildman–Crippen MR) is 194 cm³/mol. The van der Waals surface area contributed by atoms with Crippen LogP contribution in [0.15, 0.2) is 84.9 Å². The maximum absolute atomic E-state index is 12.7. The topological polar surface area (TPSA) is 61.8 Å². The summed E-state index contributed by atoms with van der Waals surface area (Å²) >= 11 is 0. The van der Waals surface area contributed by atoms with Gasteiger partial charge in [0.25, 0.3) is 0 Å². The Balaban J connectivity index is 1.34. The van der Waals surface area contributed by atoms with Crippen molar-refractivity contribution in [2.75, 3.05) is 13.2 Å². The van der Waals surface area contributed by atoms with Crippen LogP contribution >= 0.6 is 0 Å². The zero-order chi connectivity index (χ0) is 33.4. The lowest BCUT2D eigenvalue weighted by Gasteiger charge is -2.06. The van der Waals surface area contributed by atoms with Crippen LogP contribution in [0.2, 0.25) is 0 Å². The zero-order valence-corrected chi connectivity index (χ0v) is 28.6. The molecule has 0 bridgehead atoms. The Hall–Kier alpha value is -4.12. The molecule has 0 saturated heterocycles. The molecule has 0 spiro atoms. The van der Waals surface area contributed by atoms with Gasteiger partial charge < -0.3 is 14.2 Å². The molecule has 5 heteroatoms. The van der Waals surface area contributed by atoms with Gasteiger partial charge in [-0.15, -0.1) is 0 Å².